The third-order valence-corrected chi connectivity index (χ3v) is 1.65. The van der Waals surface area contributed by atoms with Crippen molar-refractivity contribution in [2.24, 2.45) is 5.84 Å². The van der Waals surface area contributed by atoms with Crippen LogP contribution in [0.1, 0.15) is 0 Å². The average molecular weight is 188 g/mol. The Labute approximate surface area is 73.2 Å². The summed E-state index contributed by atoms with van der Waals surface area (Å²) in [6, 6.07) is 4.33. The van der Waals surface area contributed by atoms with Crippen LogP contribution in [0, 0.1) is 10.1 Å². The molecule has 3 N–H and O–H groups in total. The molecule has 0 fully saturated rings. The van der Waals surface area contributed by atoms with Crippen LogP contribution in [0.2, 0.25) is 5.02 Å². The first-order valence-electron chi connectivity index (χ1n) is 3.06. The molecule has 0 aliphatic heterocycles. The molecule has 0 bridgehead atoms. The number of nitrogens with two attached hydrogens (primary N) is 1. The Balaban J connectivity index is 3.27. The number of halogens is 1. The van der Waals surface area contributed by atoms with Gasteiger partial charge in [0.1, 0.15) is 5.69 Å². The molecule has 1 aromatic carbocycles. The smallest absolute Gasteiger partial charge is 0.295 e. The van der Waals surface area contributed by atoms with E-state index >= 15 is 0 Å². The van der Waals surface area contributed by atoms with Crippen LogP contribution in [0.5, 0.6) is 0 Å². The van der Waals surface area contributed by atoms with E-state index in [1.807, 2.05) is 0 Å². The molecule has 0 atom stereocenters. The van der Waals surface area contributed by atoms with E-state index in [1.165, 1.54) is 18.2 Å². The number of para-hydroxylation sites is 1. The second kappa shape index (κ2) is 3.38. The van der Waals surface area contributed by atoms with Crippen molar-refractivity contribution in [1.82, 2.24) is 0 Å². The van der Waals surface area contributed by atoms with Crippen LogP contribution in [0.3, 0.4) is 0 Å². The third kappa shape index (κ3) is 1.46. The molecule has 0 aliphatic carbocycles. The molecular formula is C6H6ClN3O2. The minimum Gasteiger partial charge on any atom is -0.317 e. The lowest BCUT2D eigenvalue weighted by Gasteiger charge is -2.02. The number of hydrazine groups is 1. The van der Waals surface area contributed by atoms with Crippen molar-refractivity contribution in [1.29, 1.82) is 0 Å². The number of hydrogen-bond acceptors (Lipinski definition) is 4. The molecule has 0 unspecified atom stereocenters. The number of nitrogens with zero attached hydrogens (tertiary/aromatic N) is 1. The zero-order valence-corrected chi connectivity index (χ0v) is 6.71. The summed E-state index contributed by atoms with van der Waals surface area (Å²) in [4.78, 5) is 9.83. The van der Waals surface area contributed by atoms with Crippen molar-refractivity contribution < 1.29 is 4.92 Å². The van der Waals surface area contributed by atoms with Crippen molar-refractivity contribution in [3.8, 4) is 0 Å². The summed E-state index contributed by atoms with van der Waals surface area (Å²) in [5.41, 5.74) is 2.17. The maximum Gasteiger partial charge on any atom is 0.295 e. The molecule has 0 radical (unpaired) electrons. The number of nitro groups is 1. The van der Waals surface area contributed by atoms with Gasteiger partial charge in [0, 0.05) is 6.07 Å². The molecule has 64 valence electrons. The van der Waals surface area contributed by atoms with Gasteiger partial charge in [-0.05, 0) is 6.07 Å². The third-order valence-electron chi connectivity index (χ3n) is 1.33. The first-order valence-corrected chi connectivity index (χ1v) is 3.44. The number of rotatable bonds is 2. The van der Waals surface area contributed by atoms with Gasteiger partial charge in [0.2, 0.25) is 0 Å². The monoisotopic (exact) mass is 187 g/mol. The van der Waals surface area contributed by atoms with Gasteiger partial charge in [-0.2, -0.15) is 0 Å². The fraction of sp³-hybridized carbons (Fsp3) is 0. The normalized spacial score (nSPS) is 9.50. The number of anilines is 1. The fourth-order valence-electron chi connectivity index (χ4n) is 0.808. The summed E-state index contributed by atoms with van der Waals surface area (Å²) in [6.45, 7) is 0. The van der Waals surface area contributed by atoms with E-state index in [1.54, 1.807) is 0 Å². The Bertz CT molecular complexity index is 316. The summed E-state index contributed by atoms with van der Waals surface area (Å²) in [6.07, 6.45) is 0. The Hall–Kier alpha value is -1.33. The largest absolute Gasteiger partial charge is 0.317 e. The lowest BCUT2D eigenvalue weighted by molar-refractivity contribution is -0.383. The van der Waals surface area contributed by atoms with E-state index in [-0.39, 0.29) is 16.4 Å². The summed E-state index contributed by atoms with van der Waals surface area (Å²) >= 11 is 5.63. The highest BCUT2D eigenvalue weighted by Crippen LogP contribution is 2.30. The lowest BCUT2D eigenvalue weighted by Crippen LogP contribution is -2.09. The lowest BCUT2D eigenvalue weighted by atomic mass is 10.3. The van der Waals surface area contributed by atoms with Crippen LogP contribution < -0.4 is 11.3 Å². The minimum absolute atomic E-state index is 0.129. The van der Waals surface area contributed by atoms with Gasteiger partial charge < -0.3 is 5.43 Å². The summed E-state index contributed by atoms with van der Waals surface area (Å²) < 4.78 is 0. The topological polar surface area (TPSA) is 81.2 Å². The number of hydrogen-bond donors (Lipinski definition) is 2. The van der Waals surface area contributed by atoms with E-state index in [4.69, 9.17) is 17.4 Å². The first kappa shape index (κ1) is 8.76. The van der Waals surface area contributed by atoms with Crippen molar-refractivity contribution in [3.63, 3.8) is 0 Å². The number of nitrogens with one attached hydrogen (secondary N) is 1. The second-order valence-electron chi connectivity index (χ2n) is 2.04. The molecule has 1 rings (SSSR count). The SMILES string of the molecule is NNc1c(Cl)cccc1[N+](=O)[O-]. The molecule has 5 nitrogen and oxygen atoms in total. The predicted molar refractivity (Wildman–Crippen MR) is 45.9 cm³/mol. The fourth-order valence-corrected chi connectivity index (χ4v) is 1.03. The Morgan fingerprint density at radius 1 is 1.58 bits per heavy atom. The van der Waals surface area contributed by atoms with Gasteiger partial charge in [-0.3, -0.25) is 16.0 Å². The predicted octanol–water partition coefficient (Wildman–Crippen LogP) is 1.53. The van der Waals surface area contributed by atoms with E-state index in [9.17, 15) is 10.1 Å². The zero-order chi connectivity index (χ0) is 9.14. The number of nitro benzene ring substituents is 1. The van der Waals surface area contributed by atoms with Crippen molar-refractivity contribution in [2.75, 3.05) is 5.43 Å². The summed E-state index contributed by atoms with van der Waals surface area (Å²) in [5.74, 6) is 5.05. The molecule has 0 aromatic heterocycles. The van der Waals surface area contributed by atoms with E-state index in [2.05, 4.69) is 5.43 Å². The molecule has 0 spiro atoms. The van der Waals surface area contributed by atoms with Gasteiger partial charge in [-0.25, -0.2) is 0 Å². The molecule has 0 saturated carbocycles. The molecule has 0 saturated heterocycles. The molecule has 0 aliphatic rings. The van der Waals surface area contributed by atoms with Gasteiger partial charge in [0.05, 0.1) is 9.95 Å². The van der Waals surface area contributed by atoms with E-state index in [0.717, 1.165) is 0 Å². The van der Waals surface area contributed by atoms with Gasteiger partial charge in [0.25, 0.3) is 5.69 Å². The van der Waals surface area contributed by atoms with Gasteiger partial charge in [0.15, 0.2) is 0 Å². The maximum atomic E-state index is 10.4. The minimum atomic E-state index is -0.554. The zero-order valence-electron chi connectivity index (χ0n) is 5.95. The van der Waals surface area contributed by atoms with Crippen LogP contribution >= 0.6 is 11.6 Å². The molecule has 12 heavy (non-hydrogen) atoms. The van der Waals surface area contributed by atoms with E-state index in [0.29, 0.717) is 0 Å². The molecule has 0 heterocycles. The van der Waals surface area contributed by atoms with Crippen LogP contribution in [0.4, 0.5) is 11.4 Å². The van der Waals surface area contributed by atoms with Gasteiger partial charge >= 0.3 is 0 Å². The van der Waals surface area contributed by atoms with Crippen LogP contribution in [-0.4, -0.2) is 4.92 Å². The van der Waals surface area contributed by atoms with Gasteiger partial charge in [-0.1, -0.05) is 17.7 Å². The van der Waals surface area contributed by atoms with Crippen molar-refractivity contribution >= 4 is 23.0 Å². The maximum absolute atomic E-state index is 10.4. The molecule has 0 amide bonds. The van der Waals surface area contributed by atoms with E-state index < -0.39 is 4.92 Å². The van der Waals surface area contributed by atoms with Crippen LogP contribution in [0.25, 0.3) is 0 Å². The van der Waals surface area contributed by atoms with Crippen LogP contribution in [0.15, 0.2) is 18.2 Å². The Kier molecular flexibility index (Phi) is 2.47. The Morgan fingerprint density at radius 2 is 2.25 bits per heavy atom. The highest BCUT2D eigenvalue weighted by molar-refractivity contribution is 6.33. The highest BCUT2D eigenvalue weighted by atomic mass is 35.5. The second-order valence-corrected chi connectivity index (χ2v) is 2.44. The first-order chi connectivity index (χ1) is 5.66. The number of benzene rings is 1. The number of nitrogen functional groups attached to an aromatic ring is 1. The van der Waals surface area contributed by atoms with Crippen LogP contribution in [-0.2, 0) is 0 Å². The molecule has 1 aromatic rings. The Morgan fingerprint density at radius 3 is 2.67 bits per heavy atom. The summed E-state index contributed by atoms with van der Waals surface area (Å²) in [5, 5.41) is 10.6. The highest BCUT2D eigenvalue weighted by Gasteiger charge is 2.14. The quantitative estimate of drug-likeness (QED) is 0.418. The molecular weight excluding hydrogens is 182 g/mol. The molecule has 6 heteroatoms. The average Bonchev–Trinajstić information content (AvgIpc) is 2.03. The standard InChI is InChI=1S/C6H6ClN3O2/c7-4-2-1-3-5(10(11)12)6(4)9-8/h1-3,9H,8H2. The van der Waals surface area contributed by atoms with Crippen molar-refractivity contribution in [3.05, 3.63) is 33.3 Å². The van der Waals surface area contributed by atoms with Gasteiger partial charge in [-0.15, -0.1) is 0 Å². The summed E-state index contributed by atoms with van der Waals surface area (Å²) in [7, 11) is 0. The van der Waals surface area contributed by atoms with Crippen molar-refractivity contribution in [2.45, 2.75) is 0 Å².